The zero-order chi connectivity index (χ0) is 10.8. The Balaban J connectivity index is 2.19. The van der Waals surface area contributed by atoms with E-state index in [0.29, 0.717) is 5.92 Å². The van der Waals surface area contributed by atoms with Gasteiger partial charge in [-0.1, -0.05) is 12.8 Å². The normalized spacial score (nSPS) is 19.1. The number of amides is 1. The van der Waals surface area contributed by atoms with Crippen molar-refractivity contribution in [3.05, 3.63) is 0 Å². The van der Waals surface area contributed by atoms with Crippen molar-refractivity contribution in [2.24, 2.45) is 11.7 Å². The van der Waals surface area contributed by atoms with Gasteiger partial charge in [0.15, 0.2) is 6.04 Å². The molecule has 0 radical (unpaired) electrons. The van der Waals surface area contributed by atoms with Crippen LogP contribution in [0.25, 0.3) is 0 Å². The zero-order valence-electron chi connectivity index (χ0n) is 7.60. The molecule has 0 heterocycles. The van der Waals surface area contributed by atoms with E-state index in [1.807, 2.05) is 0 Å². The molecule has 1 fully saturated rings. The van der Waals surface area contributed by atoms with E-state index in [4.69, 9.17) is 0 Å². The highest BCUT2D eigenvalue weighted by Crippen LogP contribution is 2.31. The van der Waals surface area contributed by atoms with Gasteiger partial charge in [0, 0.05) is 6.54 Å². The van der Waals surface area contributed by atoms with Crippen LogP contribution in [0, 0.1) is 5.92 Å². The lowest BCUT2D eigenvalue weighted by Gasteiger charge is -2.14. The van der Waals surface area contributed by atoms with Crippen molar-refractivity contribution in [1.29, 1.82) is 0 Å². The van der Waals surface area contributed by atoms with Gasteiger partial charge in [0.1, 0.15) is 0 Å². The number of nitrogens with two attached hydrogens (primary N) is 1. The van der Waals surface area contributed by atoms with Gasteiger partial charge >= 0.3 is 6.18 Å². The number of hydrogen-bond acceptors (Lipinski definition) is 2. The van der Waals surface area contributed by atoms with Crippen LogP contribution in [-0.2, 0) is 4.79 Å². The molecule has 1 rings (SSSR count). The number of nitrogens with one attached hydrogen (secondary N) is 1. The van der Waals surface area contributed by atoms with Crippen molar-refractivity contribution in [2.75, 3.05) is 6.54 Å². The molecular weight excluding hydrogens is 197 g/mol. The molecule has 0 aromatic rings. The molecule has 1 aliphatic carbocycles. The van der Waals surface area contributed by atoms with E-state index in [0.717, 1.165) is 19.3 Å². The molecule has 0 aliphatic heterocycles. The molecule has 0 saturated heterocycles. The minimum absolute atomic E-state index is 0.285. The summed E-state index contributed by atoms with van der Waals surface area (Å²) in [6.07, 6.45) is -1.68. The average Bonchev–Trinajstić information content (AvgIpc) is 2.85. The largest absolute Gasteiger partial charge is 0.412 e. The summed E-state index contributed by atoms with van der Waals surface area (Å²) in [7, 11) is 0. The molecule has 1 unspecified atom stereocenters. The maximum absolute atomic E-state index is 11.9. The fraction of sp³-hybridized carbons (Fsp3) is 0.875. The van der Waals surface area contributed by atoms with Gasteiger partial charge in [-0.25, -0.2) is 0 Å². The van der Waals surface area contributed by atoms with Crippen molar-refractivity contribution in [1.82, 2.24) is 5.32 Å². The standard InChI is InChI=1S/C8H13F3N2O/c9-8(10,11)6(12)7(14)13-4-3-5-1-2-5/h5-6H,1-4,12H2,(H,13,14). The first-order valence-electron chi connectivity index (χ1n) is 4.51. The highest BCUT2D eigenvalue weighted by atomic mass is 19.4. The van der Waals surface area contributed by atoms with E-state index >= 15 is 0 Å². The van der Waals surface area contributed by atoms with Crippen LogP contribution in [0.5, 0.6) is 0 Å². The lowest BCUT2D eigenvalue weighted by Crippen LogP contribution is -2.50. The monoisotopic (exact) mass is 210 g/mol. The molecule has 1 saturated carbocycles. The molecule has 82 valence electrons. The number of hydrogen-bond donors (Lipinski definition) is 2. The predicted octanol–water partition coefficient (Wildman–Crippen LogP) is 0.792. The van der Waals surface area contributed by atoms with E-state index in [1.165, 1.54) is 0 Å². The second-order valence-electron chi connectivity index (χ2n) is 3.54. The third kappa shape index (κ3) is 3.53. The summed E-state index contributed by atoms with van der Waals surface area (Å²) < 4.78 is 35.7. The molecule has 1 amide bonds. The summed E-state index contributed by atoms with van der Waals surface area (Å²) in [6, 6.07) is -2.40. The van der Waals surface area contributed by atoms with Crippen molar-refractivity contribution in [3.8, 4) is 0 Å². The van der Waals surface area contributed by atoms with Gasteiger partial charge in [0.2, 0.25) is 5.91 Å². The minimum Gasteiger partial charge on any atom is -0.354 e. The molecule has 3 N–H and O–H groups in total. The second kappa shape index (κ2) is 4.16. The van der Waals surface area contributed by atoms with E-state index in [2.05, 4.69) is 11.1 Å². The Morgan fingerprint density at radius 1 is 1.50 bits per heavy atom. The first-order valence-corrected chi connectivity index (χ1v) is 4.51. The maximum atomic E-state index is 11.9. The first kappa shape index (κ1) is 11.3. The highest BCUT2D eigenvalue weighted by Gasteiger charge is 2.41. The van der Waals surface area contributed by atoms with Crippen LogP contribution in [0.3, 0.4) is 0 Å². The van der Waals surface area contributed by atoms with Gasteiger partial charge < -0.3 is 11.1 Å². The minimum atomic E-state index is -4.65. The van der Waals surface area contributed by atoms with Crippen LogP contribution in [0.2, 0.25) is 0 Å². The van der Waals surface area contributed by atoms with Crippen LogP contribution < -0.4 is 11.1 Å². The zero-order valence-corrected chi connectivity index (χ0v) is 7.60. The third-order valence-electron chi connectivity index (χ3n) is 2.18. The van der Waals surface area contributed by atoms with Crippen LogP contribution in [0.1, 0.15) is 19.3 Å². The second-order valence-corrected chi connectivity index (χ2v) is 3.54. The predicted molar refractivity (Wildman–Crippen MR) is 44.4 cm³/mol. The SMILES string of the molecule is NC(C(=O)NCCC1CC1)C(F)(F)F. The number of carbonyl (C=O) groups excluding carboxylic acids is 1. The number of halogens is 3. The molecule has 14 heavy (non-hydrogen) atoms. The van der Waals surface area contributed by atoms with Gasteiger partial charge in [-0.05, 0) is 12.3 Å². The van der Waals surface area contributed by atoms with Crippen LogP contribution in [0.15, 0.2) is 0 Å². The summed E-state index contributed by atoms with van der Waals surface area (Å²) in [5.41, 5.74) is 4.69. The fourth-order valence-corrected chi connectivity index (χ4v) is 1.06. The molecular formula is C8H13F3N2O. The topological polar surface area (TPSA) is 55.1 Å². The fourth-order valence-electron chi connectivity index (χ4n) is 1.06. The Morgan fingerprint density at radius 2 is 2.07 bits per heavy atom. The summed E-state index contributed by atoms with van der Waals surface area (Å²) in [4.78, 5) is 10.8. The van der Waals surface area contributed by atoms with Crippen LogP contribution in [0.4, 0.5) is 13.2 Å². The Hall–Kier alpha value is -0.780. The van der Waals surface area contributed by atoms with Gasteiger partial charge in [0.25, 0.3) is 0 Å². The van der Waals surface area contributed by atoms with Gasteiger partial charge in [-0.2, -0.15) is 13.2 Å². The first-order chi connectivity index (χ1) is 6.41. The summed E-state index contributed by atoms with van der Waals surface area (Å²) >= 11 is 0. The molecule has 0 bridgehead atoms. The molecule has 1 aliphatic rings. The van der Waals surface area contributed by atoms with Gasteiger partial charge in [0.05, 0.1) is 0 Å². The van der Waals surface area contributed by atoms with Gasteiger partial charge in [-0.3, -0.25) is 4.79 Å². The Labute approximate surface area is 79.8 Å². The molecule has 0 aromatic carbocycles. The quantitative estimate of drug-likeness (QED) is 0.720. The molecule has 1 atom stereocenters. The Morgan fingerprint density at radius 3 is 2.50 bits per heavy atom. The van der Waals surface area contributed by atoms with Gasteiger partial charge in [-0.15, -0.1) is 0 Å². The van der Waals surface area contributed by atoms with Crippen molar-refractivity contribution in [3.63, 3.8) is 0 Å². The van der Waals surface area contributed by atoms with Crippen LogP contribution in [-0.4, -0.2) is 24.7 Å². The smallest absolute Gasteiger partial charge is 0.354 e. The van der Waals surface area contributed by atoms with E-state index in [9.17, 15) is 18.0 Å². The summed E-state index contributed by atoms with van der Waals surface area (Å²) in [5.74, 6) is -0.560. The molecule has 0 spiro atoms. The lowest BCUT2D eigenvalue weighted by molar-refractivity contribution is -0.162. The lowest BCUT2D eigenvalue weighted by atomic mass is 10.2. The third-order valence-corrected chi connectivity index (χ3v) is 2.18. The number of rotatable bonds is 4. The summed E-state index contributed by atoms with van der Waals surface area (Å²) in [6.45, 7) is 0.285. The highest BCUT2D eigenvalue weighted by molar-refractivity contribution is 5.82. The van der Waals surface area contributed by atoms with Crippen LogP contribution >= 0.6 is 0 Å². The number of alkyl halides is 3. The molecule has 3 nitrogen and oxygen atoms in total. The average molecular weight is 210 g/mol. The molecule has 6 heteroatoms. The molecule has 0 aromatic heterocycles. The van der Waals surface area contributed by atoms with Crippen molar-refractivity contribution in [2.45, 2.75) is 31.5 Å². The van der Waals surface area contributed by atoms with Crippen molar-refractivity contribution < 1.29 is 18.0 Å². The Bertz CT molecular complexity index is 213. The van der Waals surface area contributed by atoms with E-state index in [-0.39, 0.29) is 6.54 Å². The Kier molecular flexibility index (Phi) is 3.36. The number of carbonyl (C=O) groups is 1. The summed E-state index contributed by atoms with van der Waals surface area (Å²) in [5, 5.41) is 2.18. The van der Waals surface area contributed by atoms with Crippen molar-refractivity contribution >= 4 is 5.91 Å². The van der Waals surface area contributed by atoms with E-state index < -0.39 is 18.1 Å². The van der Waals surface area contributed by atoms with E-state index in [1.54, 1.807) is 0 Å². The maximum Gasteiger partial charge on any atom is 0.412 e.